The molecule has 2 amide bonds. The predicted molar refractivity (Wildman–Crippen MR) is 109 cm³/mol. The molecule has 7 heteroatoms. The number of nitrogens with zero attached hydrogens (tertiary/aromatic N) is 1. The standard InChI is InChI=1S/C20H22BrN3O3/c1-13(2)18(23-19(25)15-7-9-17(27-3)10-8-15)20(26)24-22-12-14-5-4-6-16(21)11-14/h4-13,18H,1-3H3,(H,23,25)(H,24,26)/b22-12+. The fourth-order valence-electron chi connectivity index (χ4n) is 2.33. The number of ether oxygens (including phenoxy) is 1. The number of hydrogen-bond acceptors (Lipinski definition) is 4. The second-order valence-electron chi connectivity index (χ2n) is 6.21. The van der Waals surface area contributed by atoms with Gasteiger partial charge in [-0.05, 0) is 47.9 Å². The molecule has 0 saturated carbocycles. The lowest BCUT2D eigenvalue weighted by atomic mass is 10.0. The molecule has 0 spiro atoms. The largest absolute Gasteiger partial charge is 0.497 e. The average Bonchev–Trinajstić information content (AvgIpc) is 2.65. The SMILES string of the molecule is COc1ccc(C(=O)NC(C(=O)N/N=C/c2cccc(Br)c2)C(C)C)cc1. The Morgan fingerprint density at radius 3 is 2.44 bits per heavy atom. The Bertz CT molecular complexity index is 819. The van der Waals surface area contributed by atoms with Crippen LogP contribution in [0.4, 0.5) is 0 Å². The molecule has 2 N–H and O–H groups in total. The van der Waals surface area contributed by atoms with Gasteiger partial charge in [0, 0.05) is 10.0 Å². The van der Waals surface area contributed by atoms with E-state index in [2.05, 4.69) is 31.8 Å². The van der Waals surface area contributed by atoms with E-state index < -0.39 is 6.04 Å². The number of hydrogen-bond donors (Lipinski definition) is 2. The van der Waals surface area contributed by atoms with Crippen molar-refractivity contribution in [3.63, 3.8) is 0 Å². The van der Waals surface area contributed by atoms with E-state index in [0.717, 1.165) is 10.0 Å². The molecule has 2 aromatic carbocycles. The summed E-state index contributed by atoms with van der Waals surface area (Å²) in [4.78, 5) is 24.9. The molecule has 0 saturated heterocycles. The number of carbonyl (C=O) groups excluding carboxylic acids is 2. The number of methoxy groups -OCH3 is 1. The summed E-state index contributed by atoms with van der Waals surface area (Å²) in [5.74, 6) is -0.152. The number of nitrogens with one attached hydrogen (secondary N) is 2. The molecule has 0 radical (unpaired) electrons. The highest BCUT2D eigenvalue weighted by atomic mass is 79.9. The first-order valence-electron chi connectivity index (χ1n) is 8.44. The zero-order valence-electron chi connectivity index (χ0n) is 15.4. The molecule has 1 unspecified atom stereocenters. The van der Waals surface area contributed by atoms with Gasteiger partial charge in [-0.1, -0.05) is 41.9 Å². The van der Waals surface area contributed by atoms with Gasteiger partial charge in [-0.2, -0.15) is 5.10 Å². The molecular weight excluding hydrogens is 410 g/mol. The van der Waals surface area contributed by atoms with Gasteiger partial charge in [0.2, 0.25) is 0 Å². The molecule has 0 aliphatic heterocycles. The van der Waals surface area contributed by atoms with Crippen molar-refractivity contribution in [2.24, 2.45) is 11.0 Å². The summed E-state index contributed by atoms with van der Waals surface area (Å²) in [7, 11) is 1.56. The van der Waals surface area contributed by atoms with Crippen LogP contribution in [0.1, 0.15) is 29.8 Å². The van der Waals surface area contributed by atoms with Crippen LogP contribution < -0.4 is 15.5 Å². The molecule has 2 aromatic rings. The highest BCUT2D eigenvalue weighted by molar-refractivity contribution is 9.10. The van der Waals surface area contributed by atoms with Gasteiger partial charge in [0.25, 0.3) is 11.8 Å². The molecule has 1 atom stereocenters. The Morgan fingerprint density at radius 2 is 1.85 bits per heavy atom. The van der Waals surface area contributed by atoms with E-state index in [9.17, 15) is 9.59 Å². The lowest BCUT2D eigenvalue weighted by molar-refractivity contribution is -0.123. The first-order valence-corrected chi connectivity index (χ1v) is 9.23. The Balaban J connectivity index is 2.00. The van der Waals surface area contributed by atoms with Gasteiger partial charge >= 0.3 is 0 Å². The van der Waals surface area contributed by atoms with Gasteiger partial charge in [0.05, 0.1) is 13.3 Å². The minimum atomic E-state index is -0.709. The van der Waals surface area contributed by atoms with Crippen molar-refractivity contribution in [2.45, 2.75) is 19.9 Å². The summed E-state index contributed by atoms with van der Waals surface area (Å²) in [6.45, 7) is 3.72. The Hall–Kier alpha value is -2.67. The zero-order chi connectivity index (χ0) is 19.8. The van der Waals surface area contributed by atoms with Crippen LogP contribution in [0.5, 0.6) is 5.75 Å². The van der Waals surface area contributed by atoms with E-state index in [1.54, 1.807) is 37.6 Å². The smallest absolute Gasteiger partial charge is 0.262 e. The van der Waals surface area contributed by atoms with Crippen molar-refractivity contribution in [1.29, 1.82) is 0 Å². The van der Waals surface area contributed by atoms with Crippen LogP contribution in [0, 0.1) is 5.92 Å². The lowest BCUT2D eigenvalue weighted by Gasteiger charge is -2.20. The summed E-state index contributed by atoms with van der Waals surface area (Å²) in [6, 6.07) is 13.5. The second kappa shape index (κ2) is 9.87. The maximum Gasteiger partial charge on any atom is 0.262 e. The average molecular weight is 432 g/mol. The van der Waals surface area contributed by atoms with E-state index >= 15 is 0 Å². The minimum Gasteiger partial charge on any atom is -0.497 e. The monoisotopic (exact) mass is 431 g/mol. The molecule has 2 rings (SSSR count). The third kappa shape index (κ3) is 6.21. The van der Waals surface area contributed by atoms with E-state index in [1.807, 2.05) is 38.1 Å². The highest BCUT2D eigenvalue weighted by Crippen LogP contribution is 2.12. The van der Waals surface area contributed by atoms with Gasteiger partial charge in [-0.15, -0.1) is 0 Å². The number of halogens is 1. The fourth-order valence-corrected chi connectivity index (χ4v) is 2.75. The molecule has 0 aliphatic rings. The van der Waals surface area contributed by atoms with Crippen molar-refractivity contribution in [3.05, 3.63) is 64.1 Å². The molecular formula is C20H22BrN3O3. The van der Waals surface area contributed by atoms with Crippen LogP contribution >= 0.6 is 15.9 Å². The zero-order valence-corrected chi connectivity index (χ0v) is 17.0. The Labute approximate surface area is 167 Å². The minimum absolute atomic E-state index is 0.103. The molecule has 6 nitrogen and oxygen atoms in total. The first kappa shape index (κ1) is 20.6. The first-order chi connectivity index (χ1) is 12.9. The Kier molecular flexibility index (Phi) is 7.55. The van der Waals surface area contributed by atoms with Crippen LogP contribution in [0.3, 0.4) is 0 Å². The third-order valence-corrected chi connectivity index (χ3v) is 4.32. The second-order valence-corrected chi connectivity index (χ2v) is 7.13. The molecule has 27 heavy (non-hydrogen) atoms. The number of amides is 2. The molecule has 142 valence electrons. The molecule has 0 fully saturated rings. The van der Waals surface area contributed by atoms with Gasteiger partial charge in [-0.25, -0.2) is 5.43 Å². The van der Waals surface area contributed by atoms with Gasteiger partial charge < -0.3 is 10.1 Å². The van der Waals surface area contributed by atoms with Crippen LogP contribution in [0.15, 0.2) is 58.1 Å². The lowest BCUT2D eigenvalue weighted by Crippen LogP contribution is -2.48. The number of carbonyl (C=O) groups is 2. The molecule has 0 bridgehead atoms. The maximum atomic E-state index is 12.4. The molecule has 0 aliphatic carbocycles. The predicted octanol–water partition coefficient (Wildman–Crippen LogP) is 3.36. The molecule has 0 heterocycles. The maximum absolute atomic E-state index is 12.4. The van der Waals surface area contributed by atoms with Gasteiger partial charge in [0.1, 0.15) is 11.8 Å². The van der Waals surface area contributed by atoms with Crippen molar-refractivity contribution in [1.82, 2.24) is 10.7 Å². The number of hydrazone groups is 1. The topological polar surface area (TPSA) is 79.8 Å². The summed E-state index contributed by atoms with van der Waals surface area (Å²) in [5, 5.41) is 6.73. The quantitative estimate of drug-likeness (QED) is 0.520. The highest BCUT2D eigenvalue weighted by Gasteiger charge is 2.24. The Morgan fingerprint density at radius 1 is 1.15 bits per heavy atom. The van der Waals surface area contributed by atoms with Crippen molar-refractivity contribution >= 4 is 34.0 Å². The normalized spacial score (nSPS) is 12.0. The molecule has 0 aromatic heterocycles. The van der Waals surface area contributed by atoms with E-state index in [1.165, 1.54) is 0 Å². The summed E-state index contributed by atoms with van der Waals surface area (Å²) >= 11 is 3.38. The number of rotatable bonds is 7. The van der Waals surface area contributed by atoms with Gasteiger partial charge in [-0.3, -0.25) is 9.59 Å². The van der Waals surface area contributed by atoms with Crippen molar-refractivity contribution in [3.8, 4) is 5.75 Å². The van der Waals surface area contributed by atoms with Crippen LogP contribution in [0.25, 0.3) is 0 Å². The van der Waals surface area contributed by atoms with E-state index in [-0.39, 0.29) is 17.7 Å². The fraction of sp³-hybridized carbons (Fsp3) is 0.250. The third-order valence-electron chi connectivity index (χ3n) is 3.82. The summed E-state index contributed by atoms with van der Waals surface area (Å²) < 4.78 is 6.00. The van der Waals surface area contributed by atoms with E-state index in [4.69, 9.17) is 4.74 Å². The van der Waals surface area contributed by atoms with Crippen molar-refractivity contribution in [2.75, 3.05) is 7.11 Å². The summed E-state index contributed by atoms with van der Waals surface area (Å²) in [5.41, 5.74) is 3.78. The van der Waals surface area contributed by atoms with Gasteiger partial charge in [0.15, 0.2) is 0 Å². The number of benzene rings is 2. The van der Waals surface area contributed by atoms with Crippen LogP contribution in [-0.4, -0.2) is 31.2 Å². The summed E-state index contributed by atoms with van der Waals surface area (Å²) in [6.07, 6.45) is 1.55. The van der Waals surface area contributed by atoms with Crippen molar-refractivity contribution < 1.29 is 14.3 Å². The van der Waals surface area contributed by atoms with E-state index in [0.29, 0.717) is 11.3 Å². The van der Waals surface area contributed by atoms with Crippen LogP contribution in [-0.2, 0) is 4.79 Å². The van der Waals surface area contributed by atoms with Crippen LogP contribution in [0.2, 0.25) is 0 Å².